The zero-order valence-corrected chi connectivity index (χ0v) is 10.9. The molecule has 1 N–H and O–H groups in total. The first-order chi connectivity index (χ1) is 8.78. The third-order valence-corrected chi connectivity index (χ3v) is 5.98. The molecule has 0 heterocycles. The van der Waals surface area contributed by atoms with Crippen molar-refractivity contribution in [1.29, 1.82) is 0 Å². The van der Waals surface area contributed by atoms with E-state index in [2.05, 4.69) is 24.3 Å². The van der Waals surface area contributed by atoms with Gasteiger partial charge in [0.1, 0.15) is 0 Å². The van der Waals surface area contributed by atoms with E-state index in [0.717, 1.165) is 12.8 Å². The molecule has 1 aromatic rings. The fourth-order valence-electron chi connectivity index (χ4n) is 4.75. The maximum absolute atomic E-state index is 11.3. The topological polar surface area (TPSA) is 20.2 Å². The molecular formula is C17H22O. The van der Waals surface area contributed by atoms with Crippen LogP contribution in [0.2, 0.25) is 0 Å². The average molecular weight is 242 g/mol. The maximum atomic E-state index is 11.3. The molecule has 2 fully saturated rings. The molecule has 0 aliphatic heterocycles. The van der Waals surface area contributed by atoms with Crippen LogP contribution in [-0.2, 0) is 12.8 Å². The first kappa shape index (κ1) is 11.0. The molecule has 0 spiro atoms. The van der Waals surface area contributed by atoms with E-state index in [0.29, 0.717) is 17.8 Å². The highest BCUT2D eigenvalue weighted by Gasteiger charge is 2.55. The highest BCUT2D eigenvalue weighted by molar-refractivity contribution is 5.32. The highest BCUT2D eigenvalue weighted by Crippen LogP contribution is 2.55. The minimum absolute atomic E-state index is 0.336. The summed E-state index contributed by atoms with van der Waals surface area (Å²) in [6.07, 6.45) is 8.57. The fourth-order valence-corrected chi connectivity index (χ4v) is 4.75. The number of benzene rings is 1. The lowest BCUT2D eigenvalue weighted by Gasteiger charge is -2.45. The Bertz CT molecular complexity index is 427. The van der Waals surface area contributed by atoms with Crippen LogP contribution in [0.25, 0.3) is 0 Å². The van der Waals surface area contributed by atoms with Crippen LogP contribution in [0.15, 0.2) is 24.3 Å². The monoisotopic (exact) mass is 242 g/mol. The summed E-state index contributed by atoms with van der Waals surface area (Å²) >= 11 is 0. The second kappa shape index (κ2) is 3.84. The van der Waals surface area contributed by atoms with E-state index in [1.165, 1.54) is 43.2 Å². The summed E-state index contributed by atoms with van der Waals surface area (Å²) in [5.41, 5.74) is 2.67. The van der Waals surface area contributed by atoms with E-state index in [9.17, 15) is 5.11 Å². The van der Waals surface area contributed by atoms with E-state index in [-0.39, 0.29) is 5.60 Å². The van der Waals surface area contributed by atoms with Crippen LogP contribution in [0.1, 0.15) is 43.2 Å². The number of fused-ring (bicyclic) bond motifs is 3. The van der Waals surface area contributed by atoms with Gasteiger partial charge in [-0.2, -0.15) is 0 Å². The molecule has 1 heteroatoms. The van der Waals surface area contributed by atoms with Gasteiger partial charge in [-0.15, -0.1) is 0 Å². The Balaban J connectivity index is 1.74. The van der Waals surface area contributed by atoms with Crippen molar-refractivity contribution < 1.29 is 5.11 Å². The predicted molar refractivity (Wildman–Crippen MR) is 72.4 cm³/mol. The molecule has 0 saturated heterocycles. The minimum Gasteiger partial charge on any atom is -0.389 e. The first-order valence-corrected chi connectivity index (χ1v) is 7.57. The Morgan fingerprint density at radius 2 is 1.39 bits per heavy atom. The van der Waals surface area contributed by atoms with Crippen molar-refractivity contribution in [2.24, 2.45) is 17.8 Å². The quantitative estimate of drug-likeness (QED) is 0.800. The molecule has 0 amide bonds. The summed E-state index contributed by atoms with van der Waals surface area (Å²) in [5.74, 6) is 1.65. The van der Waals surface area contributed by atoms with Crippen LogP contribution in [0, 0.1) is 17.8 Å². The summed E-state index contributed by atoms with van der Waals surface area (Å²) in [5, 5.41) is 11.3. The molecule has 18 heavy (non-hydrogen) atoms. The highest BCUT2D eigenvalue weighted by atomic mass is 16.3. The van der Waals surface area contributed by atoms with Crippen LogP contribution in [-0.4, -0.2) is 10.7 Å². The zero-order chi connectivity index (χ0) is 12.2. The molecular weight excluding hydrogens is 220 g/mol. The van der Waals surface area contributed by atoms with Crippen molar-refractivity contribution >= 4 is 0 Å². The van der Waals surface area contributed by atoms with Gasteiger partial charge in [0, 0.05) is 0 Å². The maximum Gasteiger partial charge on any atom is 0.0738 e. The van der Waals surface area contributed by atoms with Crippen LogP contribution in [0.4, 0.5) is 0 Å². The van der Waals surface area contributed by atoms with Crippen LogP contribution in [0.5, 0.6) is 0 Å². The number of hydrogen-bond acceptors (Lipinski definition) is 1. The number of hydrogen-bond donors (Lipinski definition) is 1. The van der Waals surface area contributed by atoms with Crippen molar-refractivity contribution in [3.63, 3.8) is 0 Å². The van der Waals surface area contributed by atoms with Crippen LogP contribution >= 0.6 is 0 Å². The molecule has 3 aliphatic carbocycles. The second-order valence-electron chi connectivity index (χ2n) is 6.66. The SMILES string of the molecule is OC1(C2CCC2)C2CCC1Cc1ccccc1C2. The van der Waals surface area contributed by atoms with Gasteiger partial charge in [0.25, 0.3) is 0 Å². The van der Waals surface area contributed by atoms with Crippen molar-refractivity contribution in [2.75, 3.05) is 0 Å². The van der Waals surface area contributed by atoms with Gasteiger partial charge >= 0.3 is 0 Å². The Labute approximate surface area is 109 Å². The third-order valence-electron chi connectivity index (χ3n) is 5.98. The summed E-state index contributed by atoms with van der Waals surface area (Å²) in [7, 11) is 0. The van der Waals surface area contributed by atoms with E-state index in [1.807, 2.05) is 0 Å². The lowest BCUT2D eigenvalue weighted by Crippen LogP contribution is -2.50. The van der Waals surface area contributed by atoms with Gasteiger partial charge in [0.2, 0.25) is 0 Å². The molecule has 2 atom stereocenters. The predicted octanol–water partition coefficient (Wildman–Crippen LogP) is 3.34. The van der Waals surface area contributed by atoms with Gasteiger partial charge in [-0.1, -0.05) is 30.7 Å². The van der Waals surface area contributed by atoms with E-state index in [1.54, 1.807) is 0 Å². The average Bonchev–Trinajstić information content (AvgIpc) is 2.50. The van der Waals surface area contributed by atoms with E-state index >= 15 is 0 Å². The minimum atomic E-state index is -0.336. The van der Waals surface area contributed by atoms with Crippen molar-refractivity contribution in [3.8, 4) is 0 Å². The third kappa shape index (κ3) is 1.37. The summed E-state index contributed by atoms with van der Waals surface area (Å²) in [6, 6.07) is 8.86. The van der Waals surface area contributed by atoms with Gasteiger partial charge < -0.3 is 5.11 Å². The van der Waals surface area contributed by atoms with Crippen molar-refractivity contribution in [3.05, 3.63) is 35.4 Å². The molecule has 2 bridgehead atoms. The lowest BCUT2D eigenvalue weighted by atomic mass is 9.64. The molecule has 0 radical (unpaired) electrons. The normalized spacial score (nSPS) is 38.9. The lowest BCUT2D eigenvalue weighted by molar-refractivity contribution is -0.109. The first-order valence-electron chi connectivity index (χ1n) is 7.57. The Kier molecular flexibility index (Phi) is 2.35. The van der Waals surface area contributed by atoms with Crippen molar-refractivity contribution in [2.45, 2.75) is 50.5 Å². The molecule has 2 saturated carbocycles. The molecule has 0 aromatic heterocycles. The standard InChI is InChI=1S/C17H22O/c18-17(14-6-3-7-14)15-8-9-16(17)11-13-5-2-1-4-12(13)10-15/h1-2,4-5,14-16,18H,3,6-11H2. The van der Waals surface area contributed by atoms with Gasteiger partial charge in [-0.05, 0) is 67.4 Å². The Hall–Kier alpha value is -0.820. The van der Waals surface area contributed by atoms with Gasteiger partial charge in [-0.25, -0.2) is 0 Å². The number of rotatable bonds is 1. The molecule has 1 aromatic carbocycles. The van der Waals surface area contributed by atoms with Gasteiger partial charge in [-0.3, -0.25) is 0 Å². The van der Waals surface area contributed by atoms with E-state index < -0.39 is 0 Å². The van der Waals surface area contributed by atoms with E-state index in [4.69, 9.17) is 0 Å². The Morgan fingerprint density at radius 3 is 1.83 bits per heavy atom. The van der Waals surface area contributed by atoms with Crippen LogP contribution in [0.3, 0.4) is 0 Å². The smallest absolute Gasteiger partial charge is 0.0738 e. The van der Waals surface area contributed by atoms with Gasteiger partial charge in [0.15, 0.2) is 0 Å². The Morgan fingerprint density at radius 1 is 0.833 bits per heavy atom. The zero-order valence-electron chi connectivity index (χ0n) is 10.9. The molecule has 96 valence electrons. The molecule has 2 unspecified atom stereocenters. The summed E-state index contributed by atoms with van der Waals surface area (Å²) < 4.78 is 0. The summed E-state index contributed by atoms with van der Waals surface area (Å²) in [6.45, 7) is 0. The van der Waals surface area contributed by atoms with Crippen LogP contribution < -0.4 is 0 Å². The van der Waals surface area contributed by atoms with Gasteiger partial charge in [0.05, 0.1) is 5.60 Å². The largest absolute Gasteiger partial charge is 0.389 e. The molecule has 4 rings (SSSR count). The molecule has 1 nitrogen and oxygen atoms in total. The second-order valence-corrected chi connectivity index (χ2v) is 6.66. The fraction of sp³-hybridized carbons (Fsp3) is 0.647. The molecule has 3 aliphatic rings. The number of aliphatic hydroxyl groups is 1. The summed E-state index contributed by atoms with van der Waals surface area (Å²) in [4.78, 5) is 0. The van der Waals surface area contributed by atoms with Crippen molar-refractivity contribution in [1.82, 2.24) is 0 Å².